The van der Waals surface area contributed by atoms with Crippen molar-refractivity contribution < 1.29 is 9.26 Å². The molecule has 1 heterocycles. The van der Waals surface area contributed by atoms with Gasteiger partial charge in [-0.15, -0.1) is 0 Å². The average Bonchev–Trinajstić information content (AvgIpc) is 3.04. The predicted octanol–water partition coefficient (Wildman–Crippen LogP) is 2.24. The molecule has 5 nitrogen and oxygen atoms in total. The molecule has 6 heteroatoms. The Hall–Kier alpha value is -0.590. The van der Waals surface area contributed by atoms with E-state index in [1.54, 1.807) is 18.9 Å². The van der Waals surface area contributed by atoms with E-state index in [2.05, 4.69) is 16.4 Å². The summed E-state index contributed by atoms with van der Waals surface area (Å²) in [5.74, 6) is 2.19. The van der Waals surface area contributed by atoms with Crippen LogP contribution >= 0.6 is 11.8 Å². The second-order valence-electron chi connectivity index (χ2n) is 4.75. The molecule has 102 valence electrons. The number of thioether (sulfide) groups is 1. The van der Waals surface area contributed by atoms with E-state index in [0.29, 0.717) is 11.7 Å². The van der Waals surface area contributed by atoms with Gasteiger partial charge in [-0.1, -0.05) is 5.16 Å². The molecule has 0 aromatic carbocycles. The molecule has 1 aromatic rings. The molecule has 0 amide bonds. The molecule has 0 spiro atoms. The molecule has 0 aliphatic heterocycles. The third kappa shape index (κ3) is 2.70. The first-order valence-electron chi connectivity index (χ1n) is 6.35. The minimum Gasteiger partial charge on any atom is -0.370 e. The molecule has 1 fully saturated rings. The maximum absolute atomic E-state index is 6.03. The maximum atomic E-state index is 6.03. The summed E-state index contributed by atoms with van der Waals surface area (Å²) in [6.07, 6.45) is 7.13. The van der Waals surface area contributed by atoms with Crippen molar-refractivity contribution in [2.24, 2.45) is 5.73 Å². The molecule has 1 aromatic heterocycles. The summed E-state index contributed by atoms with van der Waals surface area (Å²) in [5, 5.41) is 4.07. The van der Waals surface area contributed by atoms with Crippen LogP contribution in [0.1, 0.15) is 49.9 Å². The fourth-order valence-electron chi connectivity index (χ4n) is 2.40. The number of hydrogen-bond acceptors (Lipinski definition) is 6. The molecular formula is C12H21N3O2S. The van der Waals surface area contributed by atoms with Gasteiger partial charge in [0.1, 0.15) is 5.60 Å². The van der Waals surface area contributed by atoms with E-state index in [1.807, 2.05) is 0 Å². The van der Waals surface area contributed by atoms with Crippen LogP contribution < -0.4 is 5.73 Å². The highest BCUT2D eigenvalue weighted by Gasteiger charge is 2.40. The van der Waals surface area contributed by atoms with E-state index in [9.17, 15) is 0 Å². The fourth-order valence-corrected chi connectivity index (χ4v) is 2.89. The molecule has 1 unspecified atom stereocenters. The summed E-state index contributed by atoms with van der Waals surface area (Å²) >= 11 is 1.77. The third-order valence-corrected chi connectivity index (χ3v) is 4.25. The topological polar surface area (TPSA) is 74.2 Å². The second kappa shape index (κ2) is 6.04. The zero-order valence-electron chi connectivity index (χ0n) is 11.0. The van der Waals surface area contributed by atoms with Crippen molar-refractivity contribution in [3.8, 4) is 0 Å². The van der Waals surface area contributed by atoms with E-state index in [-0.39, 0.29) is 11.6 Å². The quantitative estimate of drug-likeness (QED) is 0.855. The van der Waals surface area contributed by atoms with Crippen LogP contribution in [0.5, 0.6) is 0 Å². The Morgan fingerprint density at radius 2 is 2.22 bits per heavy atom. The van der Waals surface area contributed by atoms with Crippen LogP contribution in [0.3, 0.4) is 0 Å². The smallest absolute Gasteiger partial charge is 0.243 e. The van der Waals surface area contributed by atoms with Gasteiger partial charge in [-0.2, -0.15) is 16.7 Å². The Kier molecular flexibility index (Phi) is 4.64. The van der Waals surface area contributed by atoms with Gasteiger partial charge in [0.25, 0.3) is 0 Å². The minimum absolute atomic E-state index is 0.172. The first kappa shape index (κ1) is 13.8. The highest BCUT2D eigenvalue weighted by Crippen LogP contribution is 2.40. The number of aromatic nitrogens is 2. The number of nitrogens with zero attached hydrogens (tertiary/aromatic N) is 2. The zero-order valence-corrected chi connectivity index (χ0v) is 11.8. The number of nitrogens with two attached hydrogens (primary N) is 1. The first-order chi connectivity index (χ1) is 8.72. The van der Waals surface area contributed by atoms with Gasteiger partial charge in [-0.05, 0) is 44.1 Å². The van der Waals surface area contributed by atoms with Crippen LogP contribution in [-0.2, 0) is 10.3 Å². The summed E-state index contributed by atoms with van der Waals surface area (Å²) in [6.45, 7) is 0. The lowest BCUT2D eigenvalue weighted by molar-refractivity contribution is -0.0178. The van der Waals surface area contributed by atoms with Crippen LogP contribution in [0.4, 0.5) is 0 Å². The van der Waals surface area contributed by atoms with Crippen molar-refractivity contribution >= 4 is 11.8 Å². The molecule has 0 radical (unpaired) electrons. The number of methoxy groups -OCH3 is 1. The van der Waals surface area contributed by atoms with Gasteiger partial charge in [0.15, 0.2) is 0 Å². The summed E-state index contributed by atoms with van der Waals surface area (Å²) in [5.41, 5.74) is 5.68. The van der Waals surface area contributed by atoms with Crippen molar-refractivity contribution in [3.05, 3.63) is 11.7 Å². The summed E-state index contributed by atoms with van der Waals surface area (Å²) in [6, 6.07) is -0.172. The van der Waals surface area contributed by atoms with Crippen molar-refractivity contribution in [1.29, 1.82) is 0 Å². The molecular weight excluding hydrogens is 250 g/mol. The van der Waals surface area contributed by atoms with Gasteiger partial charge in [-0.3, -0.25) is 0 Å². The van der Waals surface area contributed by atoms with Crippen molar-refractivity contribution in [1.82, 2.24) is 10.1 Å². The van der Waals surface area contributed by atoms with E-state index < -0.39 is 0 Å². The van der Waals surface area contributed by atoms with Gasteiger partial charge in [-0.25, -0.2) is 0 Å². The predicted molar refractivity (Wildman–Crippen MR) is 71.4 cm³/mol. The first-order valence-corrected chi connectivity index (χ1v) is 7.75. The third-order valence-electron chi connectivity index (χ3n) is 3.60. The molecule has 2 N–H and O–H groups in total. The molecule has 0 saturated heterocycles. The summed E-state index contributed by atoms with van der Waals surface area (Å²) < 4.78 is 10.9. The van der Waals surface area contributed by atoms with Gasteiger partial charge < -0.3 is 15.0 Å². The Morgan fingerprint density at radius 1 is 1.50 bits per heavy atom. The molecule has 1 saturated carbocycles. The molecule has 0 bridgehead atoms. The molecule has 1 aliphatic carbocycles. The minimum atomic E-state index is -0.346. The average molecular weight is 271 g/mol. The second-order valence-corrected chi connectivity index (χ2v) is 5.74. The number of ether oxygens (including phenoxy) is 1. The van der Waals surface area contributed by atoms with Crippen LogP contribution in [0.25, 0.3) is 0 Å². The van der Waals surface area contributed by atoms with Gasteiger partial charge in [0, 0.05) is 7.11 Å². The van der Waals surface area contributed by atoms with Crippen LogP contribution in [0, 0.1) is 0 Å². The number of rotatable bonds is 6. The maximum Gasteiger partial charge on any atom is 0.243 e. The van der Waals surface area contributed by atoms with Gasteiger partial charge >= 0.3 is 0 Å². The lowest BCUT2D eigenvalue weighted by atomic mass is 10.0. The molecule has 2 rings (SSSR count). The molecule has 1 atom stereocenters. The van der Waals surface area contributed by atoms with E-state index in [0.717, 1.165) is 37.9 Å². The molecule has 18 heavy (non-hydrogen) atoms. The van der Waals surface area contributed by atoms with E-state index in [1.165, 1.54) is 0 Å². The van der Waals surface area contributed by atoms with Crippen LogP contribution in [0.2, 0.25) is 0 Å². The Balaban J connectivity index is 2.09. The zero-order chi connectivity index (χ0) is 13.0. The Labute approximate surface area is 112 Å². The van der Waals surface area contributed by atoms with E-state index >= 15 is 0 Å². The van der Waals surface area contributed by atoms with Crippen LogP contribution in [-0.4, -0.2) is 29.3 Å². The largest absolute Gasteiger partial charge is 0.370 e. The standard InChI is InChI=1S/C12H21N3O2S/c1-16-12(6-3-4-7-12)11-14-10(17-15-11)9(13)5-8-18-2/h9H,3-8,13H2,1-2H3. The summed E-state index contributed by atoms with van der Waals surface area (Å²) in [7, 11) is 1.72. The normalized spacial score (nSPS) is 20.2. The Morgan fingerprint density at radius 3 is 2.83 bits per heavy atom. The van der Waals surface area contributed by atoms with Crippen molar-refractivity contribution in [3.63, 3.8) is 0 Å². The summed E-state index contributed by atoms with van der Waals surface area (Å²) in [4.78, 5) is 4.45. The fraction of sp³-hybridized carbons (Fsp3) is 0.833. The van der Waals surface area contributed by atoms with Gasteiger partial charge in [0.2, 0.25) is 11.7 Å². The van der Waals surface area contributed by atoms with Crippen molar-refractivity contribution in [2.45, 2.75) is 43.7 Å². The van der Waals surface area contributed by atoms with Gasteiger partial charge in [0.05, 0.1) is 6.04 Å². The lowest BCUT2D eigenvalue weighted by Gasteiger charge is -2.22. The number of hydrogen-bond donors (Lipinski definition) is 1. The Bertz CT molecular complexity index is 377. The van der Waals surface area contributed by atoms with E-state index in [4.69, 9.17) is 15.0 Å². The van der Waals surface area contributed by atoms with Crippen LogP contribution in [0.15, 0.2) is 4.52 Å². The highest BCUT2D eigenvalue weighted by atomic mass is 32.2. The monoisotopic (exact) mass is 271 g/mol. The molecule has 1 aliphatic rings. The SMILES string of the molecule is COC1(c2noc(C(N)CCSC)n2)CCCC1. The van der Waals surface area contributed by atoms with Crippen molar-refractivity contribution in [2.75, 3.05) is 19.1 Å². The lowest BCUT2D eigenvalue weighted by Crippen LogP contribution is -2.26. The highest BCUT2D eigenvalue weighted by molar-refractivity contribution is 7.98.